The largest absolute Gasteiger partial charge is 0.492 e. The van der Waals surface area contributed by atoms with Gasteiger partial charge < -0.3 is 19.5 Å². The van der Waals surface area contributed by atoms with Crippen LogP contribution in [0.15, 0.2) is 54.6 Å². The van der Waals surface area contributed by atoms with Gasteiger partial charge in [-0.3, -0.25) is 0 Å². The molecule has 0 spiro atoms. The van der Waals surface area contributed by atoms with E-state index < -0.39 is 6.09 Å². The van der Waals surface area contributed by atoms with E-state index in [2.05, 4.69) is 5.32 Å². The number of benzene rings is 2. The molecule has 0 aromatic heterocycles. The van der Waals surface area contributed by atoms with E-state index in [4.69, 9.17) is 14.2 Å². The van der Waals surface area contributed by atoms with Gasteiger partial charge in [-0.1, -0.05) is 18.2 Å². The lowest BCUT2D eigenvalue weighted by Crippen LogP contribution is -2.30. The Morgan fingerprint density at radius 2 is 1.57 bits per heavy atom. The number of carbonyl (C=O) groups is 1. The molecule has 0 aliphatic rings. The Morgan fingerprint density at radius 3 is 2.22 bits per heavy atom. The average Bonchev–Trinajstić information content (AvgIpc) is 2.53. The van der Waals surface area contributed by atoms with Gasteiger partial charge in [0.15, 0.2) is 0 Å². The minimum Gasteiger partial charge on any atom is -0.492 e. The summed E-state index contributed by atoms with van der Waals surface area (Å²) in [6.45, 7) is 4.35. The van der Waals surface area contributed by atoms with Crippen LogP contribution < -0.4 is 14.8 Å². The van der Waals surface area contributed by atoms with Crippen LogP contribution in [0.5, 0.6) is 17.2 Å². The van der Waals surface area contributed by atoms with Gasteiger partial charge in [-0.05, 0) is 50.2 Å². The maximum Gasteiger partial charge on any atom is 0.407 e. The molecule has 5 heteroatoms. The lowest BCUT2D eigenvalue weighted by atomic mass is 10.3. The van der Waals surface area contributed by atoms with Crippen LogP contribution in [0.2, 0.25) is 0 Å². The third-order valence-corrected chi connectivity index (χ3v) is 2.79. The van der Waals surface area contributed by atoms with Gasteiger partial charge >= 0.3 is 6.09 Å². The average molecular weight is 315 g/mol. The smallest absolute Gasteiger partial charge is 0.407 e. The van der Waals surface area contributed by atoms with Crippen molar-refractivity contribution in [3.05, 3.63) is 54.6 Å². The number of hydrogen-bond donors (Lipinski definition) is 1. The molecule has 1 N–H and O–H groups in total. The summed E-state index contributed by atoms with van der Waals surface area (Å²) in [6, 6.07) is 16.9. The predicted octanol–water partition coefficient (Wildman–Crippen LogP) is 3.99. The standard InChI is InChI=1S/C18H21NO4/c1-14(2)22-18(20)19-12-13-21-15-8-10-17(11-9-15)23-16-6-4-3-5-7-16/h3-11,14H,12-13H2,1-2H3,(H,19,20). The van der Waals surface area contributed by atoms with Crippen LogP contribution in [0.1, 0.15) is 13.8 Å². The van der Waals surface area contributed by atoms with Crippen LogP contribution in [-0.4, -0.2) is 25.3 Å². The monoisotopic (exact) mass is 315 g/mol. The molecule has 2 aromatic rings. The lowest BCUT2D eigenvalue weighted by Gasteiger charge is -2.11. The van der Waals surface area contributed by atoms with Crippen molar-refractivity contribution in [1.29, 1.82) is 0 Å². The van der Waals surface area contributed by atoms with E-state index in [0.29, 0.717) is 18.9 Å². The number of para-hydroxylation sites is 1. The first-order chi connectivity index (χ1) is 11.1. The Labute approximate surface area is 136 Å². The molecule has 0 saturated heterocycles. The molecule has 0 bridgehead atoms. The molecule has 0 atom stereocenters. The quantitative estimate of drug-likeness (QED) is 0.785. The summed E-state index contributed by atoms with van der Waals surface area (Å²) in [4.78, 5) is 11.3. The lowest BCUT2D eigenvalue weighted by molar-refractivity contribution is 0.114. The topological polar surface area (TPSA) is 56.8 Å². The SMILES string of the molecule is CC(C)OC(=O)NCCOc1ccc(Oc2ccccc2)cc1. The highest BCUT2D eigenvalue weighted by atomic mass is 16.6. The summed E-state index contributed by atoms with van der Waals surface area (Å²) in [5.74, 6) is 2.24. The van der Waals surface area contributed by atoms with Crippen molar-refractivity contribution in [3.8, 4) is 17.2 Å². The maximum atomic E-state index is 11.3. The number of rotatable bonds is 7. The Balaban J connectivity index is 1.72. The third kappa shape index (κ3) is 6.30. The minimum atomic E-state index is -0.435. The van der Waals surface area contributed by atoms with Crippen LogP contribution >= 0.6 is 0 Å². The second-order valence-corrected chi connectivity index (χ2v) is 5.12. The van der Waals surface area contributed by atoms with Gasteiger partial charge in [-0.2, -0.15) is 0 Å². The summed E-state index contributed by atoms with van der Waals surface area (Å²) < 4.78 is 16.2. The number of hydrogen-bond acceptors (Lipinski definition) is 4. The van der Waals surface area contributed by atoms with Gasteiger partial charge in [-0.15, -0.1) is 0 Å². The van der Waals surface area contributed by atoms with E-state index >= 15 is 0 Å². The van der Waals surface area contributed by atoms with Crippen molar-refractivity contribution in [1.82, 2.24) is 5.32 Å². The molecule has 0 radical (unpaired) electrons. The molecule has 0 aliphatic heterocycles. The first-order valence-electron chi connectivity index (χ1n) is 7.54. The van der Waals surface area contributed by atoms with E-state index in [0.717, 1.165) is 11.5 Å². The Kier molecular flexibility index (Phi) is 6.29. The zero-order chi connectivity index (χ0) is 16.5. The number of alkyl carbamates (subject to hydrolysis) is 1. The Hall–Kier alpha value is -2.69. The summed E-state index contributed by atoms with van der Waals surface area (Å²) in [7, 11) is 0. The maximum absolute atomic E-state index is 11.3. The molecule has 5 nitrogen and oxygen atoms in total. The van der Waals surface area contributed by atoms with Crippen LogP contribution in [0.3, 0.4) is 0 Å². The van der Waals surface area contributed by atoms with E-state index in [1.165, 1.54) is 0 Å². The molecule has 0 aliphatic carbocycles. The Bertz CT molecular complexity index is 596. The van der Waals surface area contributed by atoms with Crippen molar-refractivity contribution >= 4 is 6.09 Å². The van der Waals surface area contributed by atoms with Crippen molar-refractivity contribution in [2.24, 2.45) is 0 Å². The molecule has 0 saturated carbocycles. The van der Waals surface area contributed by atoms with Crippen molar-refractivity contribution in [2.75, 3.05) is 13.2 Å². The molecule has 0 fully saturated rings. The first kappa shape index (κ1) is 16.7. The number of nitrogens with one attached hydrogen (secondary N) is 1. The van der Waals surface area contributed by atoms with Gasteiger partial charge in [0.2, 0.25) is 0 Å². The first-order valence-corrected chi connectivity index (χ1v) is 7.54. The fourth-order valence-corrected chi connectivity index (χ4v) is 1.81. The Morgan fingerprint density at radius 1 is 0.957 bits per heavy atom. The van der Waals surface area contributed by atoms with Crippen LogP contribution in [0.4, 0.5) is 4.79 Å². The highest BCUT2D eigenvalue weighted by Gasteiger charge is 2.03. The van der Waals surface area contributed by atoms with Crippen LogP contribution in [-0.2, 0) is 4.74 Å². The molecule has 2 rings (SSSR count). The number of amides is 1. The van der Waals surface area contributed by atoms with Gasteiger partial charge in [0, 0.05) is 0 Å². The summed E-state index contributed by atoms with van der Waals surface area (Å²) in [6.07, 6.45) is -0.566. The van der Waals surface area contributed by atoms with Crippen molar-refractivity contribution in [3.63, 3.8) is 0 Å². The molecule has 23 heavy (non-hydrogen) atoms. The summed E-state index contributed by atoms with van der Waals surface area (Å²) in [5.41, 5.74) is 0. The third-order valence-electron chi connectivity index (χ3n) is 2.79. The highest BCUT2D eigenvalue weighted by Crippen LogP contribution is 2.23. The van der Waals surface area contributed by atoms with E-state index in [1.54, 1.807) is 13.8 Å². The molecular formula is C18H21NO4. The zero-order valence-corrected chi connectivity index (χ0v) is 13.3. The molecule has 2 aromatic carbocycles. The summed E-state index contributed by atoms with van der Waals surface area (Å²) >= 11 is 0. The van der Waals surface area contributed by atoms with Gasteiger partial charge in [0.25, 0.3) is 0 Å². The van der Waals surface area contributed by atoms with E-state index in [-0.39, 0.29) is 6.10 Å². The summed E-state index contributed by atoms with van der Waals surface area (Å²) in [5, 5.41) is 2.62. The molecule has 0 heterocycles. The minimum absolute atomic E-state index is 0.131. The number of carbonyl (C=O) groups excluding carboxylic acids is 1. The van der Waals surface area contributed by atoms with Gasteiger partial charge in [-0.25, -0.2) is 4.79 Å². The zero-order valence-electron chi connectivity index (χ0n) is 13.3. The van der Waals surface area contributed by atoms with E-state index in [9.17, 15) is 4.79 Å². The van der Waals surface area contributed by atoms with E-state index in [1.807, 2.05) is 54.6 Å². The molecule has 122 valence electrons. The normalized spacial score (nSPS) is 10.2. The van der Waals surface area contributed by atoms with Gasteiger partial charge in [0.05, 0.1) is 12.6 Å². The van der Waals surface area contributed by atoms with Crippen molar-refractivity contribution < 1.29 is 19.0 Å². The fraction of sp³-hybridized carbons (Fsp3) is 0.278. The van der Waals surface area contributed by atoms with Crippen LogP contribution in [0, 0.1) is 0 Å². The molecule has 0 unspecified atom stereocenters. The second kappa shape index (κ2) is 8.68. The van der Waals surface area contributed by atoms with Crippen molar-refractivity contribution in [2.45, 2.75) is 20.0 Å². The molecular weight excluding hydrogens is 294 g/mol. The predicted molar refractivity (Wildman–Crippen MR) is 88.1 cm³/mol. The number of ether oxygens (including phenoxy) is 3. The fourth-order valence-electron chi connectivity index (χ4n) is 1.81. The second-order valence-electron chi connectivity index (χ2n) is 5.12. The highest BCUT2D eigenvalue weighted by molar-refractivity contribution is 5.67. The van der Waals surface area contributed by atoms with Crippen LogP contribution in [0.25, 0.3) is 0 Å². The molecule has 1 amide bonds. The van der Waals surface area contributed by atoms with Gasteiger partial charge in [0.1, 0.15) is 23.9 Å².